The third-order valence-corrected chi connectivity index (χ3v) is 5.24. The zero-order valence-corrected chi connectivity index (χ0v) is 14.0. The van der Waals surface area contributed by atoms with Crippen LogP contribution >= 0.6 is 0 Å². The van der Waals surface area contributed by atoms with Gasteiger partial charge in [0.2, 0.25) is 0 Å². The summed E-state index contributed by atoms with van der Waals surface area (Å²) in [4.78, 5) is 15.3. The second-order valence-corrected chi connectivity index (χ2v) is 6.94. The number of carbonyl (C=O) groups excluding carboxylic acids is 1. The van der Waals surface area contributed by atoms with Gasteiger partial charge in [0.15, 0.2) is 5.78 Å². The number of rotatable bonds is 4. The van der Waals surface area contributed by atoms with Crippen molar-refractivity contribution in [3.8, 4) is 0 Å². The molecule has 2 unspecified atom stereocenters. The van der Waals surface area contributed by atoms with Crippen LogP contribution in [0.15, 0.2) is 42.7 Å². The number of piperidine rings is 1. The molecule has 5 heteroatoms. The van der Waals surface area contributed by atoms with Gasteiger partial charge >= 0.3 is 0 Å². The maximum Gasteiger partial charge on any atom is 0.169 e. The Morgan fingerprint density at radius 3 is 2.54 bits per heavy atom. The molecule has 2 fully saturated rings. The summed E-state index contributed by atoms with van der Waals surface area (Å²) in [6, 6.07) is 11.2. The van der Waals surface area contributed by atoms with Gasteiger partial charge in [0, 0.05) is 37.8 Å². The summed E-state index contributed by atoms with van der Waals surface area (Å²) in [5.41, 5.74) is 2.06. The first-order chi connectivity index (χ1) is 11.7. The summed E-state index contributed by atoms with van der Waals surface area (Å²) in [6.45, 7) is 2.38. The number of morpholine rings is 1. The van der Waals surface area contributed by atoms with Crippen LogP contribution in [0.1, 0.15) is 28.8 Å². The normalized spacial score (nSPS) is 27.1. The highest BCUT2D eigenvalue weighted by molar-refractivity contribution is 5.97. The van der Waals surface area contributed by atoms with E-state index in [-0.39, 0.29) is 11.7 Å². The topological polar surface area (TPSA) is 47.4 Å². The Bertz CT molecular complexity index is 698. The Balaban J connectivity index is 1.49. The van der Waals surface area contributed by atoms with E-state index in [1.54, 1.807) is 10.9 Å². The summed E-state index contributed by atoms with van der Waals surface area (Å²) >= 11 is 0. The van der Waals surface area contributed by atoms with Gasteiger partial charge in [-0.1, -0.05) is 30.3 Å². The lowest BCUT2D eigenvalue weighted by atomic mass is 9.81. The second kappa shape index (κ2) is 6.49. The lowest BCUT2D eigenvalue weighted by Crippen LogP contribution is -2.57. The van der Waals surface area contributed by atoms with E-state index < -0.39 is 0 Å². The van der Waals surface area contributed by atoms with Gasteiger partial charge in [-0.25, -0.2) is 0 Å². The Morgan fingerprint density at radius 2 is 1.92 bits per heavy atom. The lowest BCUT2D eigenvalue weighted by molar-refractivity contribution is -0.0872. The molecular weight excluding hydrogens is 302 g/mol. The molecule has 0 aliphatic carbocycles. The highest BCUT2D eigenvalue weighted by atomic mass is 16.5. The van der Waals surface area contributed by atoms with Gasteiger partial charge in [0.1, 0.15) is 0 Å². The molecule has 24 heavy (non-hydrogen) atoms. The minimum atomic E-state index is 0.0834. The number of fused-ring (bicyclic) bond motifs is 2. The molecule has 2 aliphatic rings. The quantitative estimate of drug-likeness (QED) is 0.809. The van der Waals surface area contributed by atoms with Crippen LogP contribution in [0, 0.1) is 5.92 Å². The van der Waals surface area contributed by atoms with Gasteiger partial charge in [0.25, 0.3) is 0 Å². The van der Waals surface area contributed by atoms with Crippen molar-refractivity contribution in [1.82, 2.24) is 14.7 Å². The van der Waals surface area contributed by atoms with Gasteiger partial charge in [-0.15, -0.1) is 0 Å². The van der Waals surface area contributed by atoms with E-state index in [0.717, 1.165) is 38.2 Å². The van der Waals surface area contributed by atoms with E-state index in [4.69, 9.17) is 4.74 Å². The standard InChI is InChI=1S/C19H23N3O2/c1-21-11-16(9-20-21)19(23)15-7-17-12-24-13-18(8-15)22(17)10-14-5-3-2-4-6-14/h2-6,9,11,15,17-18H,7-8,10,12-13H2,1H3. The van der Waals surface area contributed by atoms with Crippen LogP contribution in [0.3, 0.4) is 0 Å². The average molecular weight is 325 g/mol. The van der Waals surface area contributed by atoms with Crippen LogP contribution in [-0.4, -0.2) is 45.8 Å². The van der Waals surface area contributed by atoms with Crippen LogP contribution in [0.5, 0.6) is 0 Å². The number of ketones is 1. The molecule has 2 aromatic rings. The molecule has 3 heterocycles. The fourth-order valence-corrected chi connectivity index (χ4v) is 4.04. The van der Waals surface area contributed by atoms with Crippen molar-refractivity contribution in [2.45, 2.75) is 31.5 Å². The van der Waals surface area contributed by atoms with Crippen LogP contribution in [0.2, 0.25) is 0 Å². The van der Waals surface area contributed by atoms with Crippen molar-refractivity contribution in [2.75, 3.05) is 13.2 Å². The Morgan fingerprint density at radius 1 is 1.21 bits per heavy atom. The monoisotopic (exact) mass is 325 g/mol. The minimum absolute atomic E-state index is 0.0834. The predicted molar refractivity (Wildman–Crippen MR) is 90.6 cm³/mol. The van der Waals surface area contributed by atoms with Gasteiger partial charge in [-0.3, -0.25) is 14.4 Å². The number of Topliss-reactive ketones (excluding diaryl/α,β-unsaturated/α-hetero) is 1. The summed E-state index contributed by atoms with van der Waals surface area (Å²) in [5.74, 6) is 0.319. The van der Waals surface area contributed by atoms with E-state index >= 15 is 0 Å². The Hall–Kier alpha value is -1.98. The maximum atomic E-state index is 12.8. The van der Waals surface area contributed by atoms with E-state index in [2.05, 4.69) is 34.3 Å². The number of hydrogen-bond acceptors (Lipinski definition) is 4. The van der Waals surface area contributed by atoms with Gasteiger partial charge in [-0.2, -0.15) is 5.10 Å². The molecule has 0 spiro atoms. The molecular formula is C19H23N3O2. The number of aromatic nitrogens is 2. The highest BCUT2D eigenvalue weighted by Gasteiger charge is 2.41. The zero-order valence-electron chi connectivity index (χ0n) is 14.0. The van der Waals surface area contributed by atoms with Crippen LogP contribution in [0.25, 0.3) is 0 Å². The number of ether oxygens (including phenoxy) is 1. The summed E-state index contributed by atoms with van der Waals surface area (Å²) in [6.07, 6.45) is 5.25. The molecule has 2 aliphatic heterocycles. The summed E-state index contributed by atoms with van der Waals surface area (Å²) in [7, 11) is 1.85. The van der Waals surface area contributed by atoms with Crippen LogP contribution < -0.4 is 0 Å². The third kappa shape index (κ3) is 3.01. The third-order valence-electron chi connectivity index (χ3n) is 5.24. The lowest BCUT2D eigenvalue weighted by Gasteiger charge is -2.48. The summed E-state index contributed by atoms with van der Waals surface area (Å²) < 4.78 is 7.47. The van der Waals surface area contributed by atoms with Crippen molar-refractivity contribution in [3.63, 3.8) is 0 Å². The molecule has 1 aromatic carbocycles. The largest absolute Gasteiger partial charge is 0.378 e. The predicted octanol–water partition coefficient (Wildman–Crippen LogP) is 2.28. The maximum absolute atomic E-state index is 12.8. The number of aryl methyl sites for hydroxylation is 1. The smallest absolute Gasteiger partial charge is 0.169 e. The van der Waals surface area contributed by atoms with Crippen molar-refractivity contribution in [1.29, 1.82) is 0 Å². The van der Waals surface area contributed by atoms with Crippen molar-refractivity contribution in [2.24, 2.45) is 13.0 Å². The fraction of sp³-hybridized carbons (Fsp3) is 0.474. The first-order valence-electron chi connectivity index (χ1n) is 8.61. The SMILES string of the molecule is Cn1cc(C(=O)C2CC3COCC(C2)N3Cc2ccccc2)cn1. The van der Waals surface area contributed by atoms with E-state index in [1.165, 1.54) is 5.56 Å². The van der Waals surface area contributed by atoms with E-state index in [1.807, 2.05) is 19.3 Å². The molecule has 0 radical (unpaired) electrons. The number of carbonyl (C=O) groups is 1. The van der Waals surface area contributed by atoms with E-state index in [0.29, 0.717) is 12.1 Å². The first kappa shape index (κ1) is 15.5. The number of nitrogens with zero attached hydrogens (tertiary/aromatic N) is 3. The van der Waals surface area contributed by atoms with Gasteiger partial charge in [-0.05, 0) is 18.4 Å². The molecule has 0 amide bonds. The Kier molecular flexibility index (Phi) is 4.21. The fourth-order valence-electron chi connectivity index (χ4n) is 4.04. The minimum Gasteiger partial charge on any atom is -0.378 e. The molecule has 0 N–H and O–H groups in total. The number of hydrogen-bond donors (Lipinski definition) is 0. The van der Waals surface area contributed by atoms with Crippen LogP contribution in [0.4, 0.5) is 0 Å². The van der Waals surface area contributed by atoms with Crippen molar-refractivity contribution >= 4 is 5.78 Å². The van der Waals surface area contributed by atoms with Gasteiger partial charge in [0.05, 0.1) is 25.0 Å². The number of benzene rings is 1. The highest BCUT2D eigenvalue weighted by Crippen LogP contribution is 2.34. The molecule has 2 atom stereocenters. The second-order valence-electron chi connectivity index (χ2n) is 6.94. The van der Waals surface area contributed by atoms with Crippen molar-refractivity contribution in [3.05, 3.63) is 53.9 Å². The average Bonchev–Trinajstić information content (AvgIpc) is 3.01. The molecule has 5 nitrogen and oxygen atoms in total. The van der Waals surface area contributed by atoms with Crippen molar-refractivity contribution < 1.29 is 9.53 Å². The molecule has 1 aromatic heterocycles. The molecule has 4 rings (SSSR count). The van der Waals surface area contributed by atoms with Gasteiger partial charge < -0.3 is 4.74 Å². The molecule has 126 valence electrons. The van der Waals surface area contributed by atoms with E-state index in [9.17, 15) is 4.79 Å². The zero-order chi connectivity index (χ0) is 16.5. The molecule has 2 saturated heterocycles. The first-order valence-corrected chi connectivity index (χ1v) is 8.61. The summed E-state index contributed by atoms with van der Waals surface area (Å²) in [5, 5.41) is 4.14. The Labute approximate surface area is 142 Å². The molecule has 0 saturated carbocycles. The van der Waals surface area contributed by atoms with Crippen LogP contribution in [-0.2, 0) is 18.3 Å². The molecule has 2 bridgehead atoms.